The van der Waals surface area contributed by atoms with E-state index in [2.05, 4.69) is 27.4 Å². The van der Waals surface area contributed by atoms with Crippen molar-refractivity contribution < 1.29 is 4.79 Å². The van der Waals surface area contributed by atoms with Crippen LogP contribution in [0.25, 0.3) is 0 Å². The van der Waals surface area contributed by atoms with Crippen molar-refractivity contribution in [2.24, 2.45) is 0 Å². The summed E-state index contributed by atoms with van der Waals surface area (Å²) < 4.78 is 0. The molecule has 0 aliphatic heterocycles. The topological polar surface area (TPSA) is 17.1 Å². The Morgan fingerprint density at radius 2 is 1.17 bits per heavy atom. The maximum Gasteiger partial charge on any atom is 0.155 e. The Bertz CT molecular complexity index is 168. The summed E-state index contributed by atoms with van der Waals surface area (Å²) >= 11 is 0. The molecule has 1 heteroatoms. The molecule has 108 valence electrons. The molecule has 0 unspecified atom stereocenters. The molecule has 0 rings (SSSR count). The first kappa shape index (κ1) is 19.7. The molecule has 0 atom stereocenters. The van der Waals surface area contributed by atoms with Crippen molar-refractivity contribution in [1.82, 2.24) is 0 Å². The molecular formula is C17H34O. The van der Waals surface area contributed by atoms with Crippen LogP contribution in [0.4, 0.5) is 0 Å². The third kappa shape index (κ3) is 20.8. The Balaban J connectivity index is 0. The second-order valence-electron chi connectivity index (χ2n) is 4.90. The van der Waals surface area contributed by atoms with Crippen LogP contribution in [0.1, 0.15) is 91.4 Å². The van der Waals surface area contributed by atoms with Gasteiger partial charge in [-0.05, 0) is 12.5 Å². The molecule has 0 aromatic rings. The summed E-state index contributed by atoms with van der Waals surface area (Å²) in [6, 6.07) is 0. The van der Waals surface area contributed by atoms with E-state index in [9.17, 15) is 4.79 Å². The SMILES string of the molecule is C=CC(=O)CCCCCCC.CCCCCCC. The van der Waals surface area contributed by atoms with Gasteiger partial charge in [0.05, 0.1) is 0 Å². The van der Waals surface area contributed by atoms with Crippen LogP contribution >= 0.6 is 0 Å². The van der Waals surface area contributed by atoms with Gasteiger partial charge in [0.2, 0.25) is 0 Å². The molecule has 0 amide bonds. The monoisotopic (exact) mass is 254 g/mol. The average Bonchev–Trinajstić information content (AvgIpc) is 2.39. The quantitative estimate of drug-likeness (QED) is 0.322. The lowest BCUT2D eigenvalue weighted by Crippen LogP contribution is -1.90. The minimum Gasteiger partial charge on any atom is -0.295 e. The van der Waals surface area contributed by atoms with Crippen LogP contribution in [-0.4, -0.2) is 5.78 Å². The highest BCUT2D eigenvalue weighted by Crippen LogP contribution is 2.05. The Kier molecular flexibility index (Phi) is 20.6. The average molecular weight is 254 g/mol. The molecule has 0 N–H and O–H groups in total. The first-order valence-corrected chi connectivity index (χ1v) is 7.88. The number of carbonyl (C=O) groups excluding carboxylic acids is 1. The standard InChI is InChI=1S/C10H18O.C7H16/c1-3-5-6-7-8-9-10(11)4-2;1-3-5-7-6-4-2/h4H,2-3,5-9H2,1H3;3-7H2,1-2H3. The molecule has 0 radical (unpaired) electrons. The number of hydrogen-bond acceptors (Lipinski definition) is 1. The minimum absolute atomic E-state index is 0.182. The third-order valence-corrected chi connectivity index (χ3v) is 2.96. The van der Waals surface area contributed by atoms with Gasteiger partial charge in [0.25, 0.3) is 0 Å². The first-order chi connectivity index (χ1) is 8.72. The number of rotatable bonds is 11. The molecule has 0 fully saturated rings. The van der Waals surface area contributed by atoms with Crippen molar-refractivity contribution in [3.8, 4) is 0 Å². The molecule has 0 spiro atoms. The van der Waals surface area contributed by atoms with Crippen LogP contribution in [0.3, 0.4) is 0 Å². The fourth-order valence-electron chi connectivity index (χ4n) is 1.68. The summed E-state index contributed by atoms with van der Waals surface area (Å²) in [5.74, 6) is 0.182. The zero-order chi connectivity index (χ0) is 14.1. The molecular weight excluding hydrogens is 220 g/mol. The maximum atomic E-state index is 10.7. The molecule has 0 saturated carbocycles. The van der Waals surface area contributed by atoms with Crippen molar-refractivity contribution >= 4 is 5.78 Å². The molecule has 0 aromatic heterocycles. The molecule has 0 aromatic carbocycles. The van der Waals surface area contributed by atoms with Crippen LogP contribution in [0, 0.1) is 0 Å². The Labute approximate surface area is 115 Å². The number of ketones is 1. The smallest absolute Gasteiger partial charge is 0.155 e. The molecule has 18 heavy (non-hydrogen) atoms. The van der Waals surface area contributed by atoms with Crippen molar-refractivity contribution in [1.29, 1.82) is 0 Å². The van der Waals surface area contributed by atoms with Crippen LogP contribution < -0.4 is 0 Å². The van der Waals surface area contributed by atoms with E-state index in [1.807, 2.05) is 0 Å². The minimum atomic E-state index is 0.182. The van der Waals surface area contributed by atoms with Crippen molar-refractivity contribution in [3.63, 3.8) is 0 Å². The largest absolute Gasteiger partial charge is 0.295 e. The summed E-state index contributed by atoms with van der Waals surface area (Å²) in [6.45, 7) is 10.1. The van der Waals surface area contributed by atoms with E-state index in [4.69, 9.17) is 0 Å². The van der Waals surface area contributed by atoms with Crippen molar-refractivity contribution in [2.45, 2.75) is 91.4 Å². The van der Waals surface area contributed by atoms with E-state index in [0.29, 0.717) is 6.42 Å². The van der Waals surface area contributed by atoms with E-state index in [-0.39, 0.29) is 5.78 Å². The van der Waals surface area contributed by atoms with Crippen LogP contribution in [0.15, 0.2) is 12.7 Å². The van der Waals surface area contributed by atoms with E-state index >= 15 is 0 Å². The van der Waals surface area contributed by atoms with Crippen molar-refractivity contribution in [3.05, 3.63) is 12.7 Å². The molecule has 1 nitrogen and oxygen atoms in total. The number of allylic oxidation sites excluding steroid dienone is 1. The predicted molar refractivity (Wildman–Crippen MR) is 83.0 cm³/mol. The highest BCUT2D eigenvalue weighted by Gasteiger charge is 1.94. The predicted octanol–water partition coefficient (Wildman–Crippen LogP) is 6.08. The van der Waals surface area contributed by atoms with Crippen LogP contribution in [-0.2, 0) is 4.79 Å². The van der Waals surface area contributed by atoms with Gasteiger partial charge in [0.15, 0.2) is 5.78 Å². The summed E-state index contributed by atoms with van der Waals surface area (Å²) in [6.07, 6.45) is 15.2. The van der Waals surface area contributed by atoms with Gasteiger partial charge in [-0.1, -0.05) is 85.1 Å². The summed E-state index contributed by atoms with van der Waals surface area (Å²) in [5, 5.41) is 0. The summed E-state index contributed by atoms with van der Waals surface area (Å²) in [5.41, 5.74) is 0. The Morgan fingerprint density at radius 3 is 1.56 bits per heavy atom. The highest BCUT2D eigenvalue weighted by atomic mass is 16.1. The molecule has 0 heterocycles. The number of carbonyl (C=O) groups is 1. The van der Waals surface area contributed by atoms with Gasteiger partial charge in [-0.2, -0.15) is 0 Å². The number of hydrogen-bond donors (Lipinski definition) is 0. The maximum absolute atomic E-state index is 10.7. The fourth-order valence-corrected chi connectivity index (χ4v) is 1.68. The molecule has 0 aliphatic carbocycles. The lowest BCUT2D eigenvalue weighted by molar-refractivity contribution is -0.114. The van der Waals surface area contributed by atoms with E-state index in [1.165, 1.54) is 63.9 Å². The van der Waals surface area contributed by atoms with E-state index in [1.54, 1.807) is 0 Å². The zero-order valence-corrected chi connectivity index (χ0v) is 13.0. The highest BCUT2D eigenvalue weighted by molar-refractivity contribution is 5.88. The normalized spacial score (nSPS) is 9.50. The van der Waals surface area contributed by atoms with Crippen LogP contribution in [0.5, 0.6) is 0 Å². The van der Waals surface area contributed by atoms with Gasteiger partial charge in [-0.15, -0.1) is 0 Å². The second-order valence-corrected chi connectivity index (χ2v) is 4.90. The summed E-state index contributed by atoms with van der Waals surface area (Å²) in [4.78, 5) is 10.7. The van der Waals surface area contributed by atoms with Gasteiger partial charge in [-0.25, -0.2) is 0 Å². The molecule has 0 bridgehead atoms. The Hall–Kier alpha value is -0.590. The van der Waals surface area contributed by atoms with Gasteiger partial charge < -0.3 is 0 Å². The fraction of sp³-hybridized carbons (Fsp3) is 0.824. The Morgan fingerprint density at radius 1 is 0.778 bits per heavy atom. The van der Waals surface area contributed by atoms with E-state index in [0.717, 1.165) is 6.42 Å². The van der Waals surface area contributed by atoms with Crippen LogP contribution in [0.2, 0.25) is 0 Å². The van der Waals surface area contributed by atoms with E-state index < -0.39 is 0 Å². The first-order valence-electron chi connectivity index (χ1n) is 7.88. The van der Waals surface area contributed by atoms with Gasteiger partial charge in [0, 0.05) is 6.42 Å². The molecule has 0 aliphatic rings. The third-order valence-electron chi connectivity index (χ3n) is 2.96. The van der Waals surface area contributed by atoms with Gasteiger partial charge in [-0.3, -0.25) is 4.79 Å². The van der Waals surface area contributed by atoms with Gasteiger partial charge >= 0.3 is 0 Å². The lowest BCUT2D eigenvalue weighted by Gasteiger charge is -1.96. The second kappa shape index (κ2) is 18.8. The van der Waals surface area contributed by atoms with Crippen molar-refractivity contribution in [2.75, 3.05) is 0 Å². The van der Waals surface area contributed by atoms with Gasteiger partial charge in [0.1, 0.15) is 0 Å². The zero-order valence-electron chi connectivity index (χ0n) is 13.0. The summed E-state index contributed by atoms with van der Waals surface area (Å²) in [7, 11) is 0. The number of unbranched alkanes of at least 4 members (excludes halogenated alkanes) is 8. The molecule has 0 saturated heterocycles. The lowest BCUT2D eigenvalue weighted by atomic mass is 10.1.